The summed E-state index contributed by atoms with van der Waals surface area (Å²) in [6, 6.07) is 21.1. The molecule has 33 heavy (non-hydrogen) atoms. The maximum absolute atomic E-state index is 12.9. The Kier molecular flexibility index (Phi) is 5.88. The van der Waals surface area contributed by atoms with Gasteiger partial charge in [-0.15, -0.1) is 0 Å². The molecule has 2 aliphatic rings. The van der Waals surface area contributed by atoms with Gasteiger partial charge in [0.1, 0.15) is 6.61 Å². The molecular weight excluding hydrogens is 418 g/mol. The lowest BCUT2D eigenvalue weighted by atomic mass is 10.1. The summed E-state index contributed by atoms with van der Waals surface area (Å²) in [6.45, 7) is 4.47. The van der Waals surface area contributed by atoms with E-state index in [1.165, 1.54) is 0 Å². The average molecular weight is 446 g/mol. The molecule has 0 unspecified atom stereocenters. The van der Waals surface area contributed by atoms with E-state index < -0.39 is 6.10 Å². The van der Waals surface area contributed by atoms with E-state index in [1.807, 2.05) is 73.7 Å². The van der Waals surface area contributed by atoms with E-state index in [9.17, 15) is 9.59 Å². The molecule has 0 aliphatic carbocycles. The van der Waals surface area contributed by atoms with Crippen molar-refractivity contribution in [3.8, 4) is 11.5 Å². The highest BCUT2D eigenvalue weighted by Gasteiger charge is 2.34. The molecule has 2 heterocycles. The van der Waals surface area contributed by atoms with Crippen LogP contribution < -0.4 is 14.8 Å². The number of hydrogen-bond acceptors (Lipinski definition) is 5. The molecule has 0 spiro atoms. The number of piperazine rings is 1. The van der Waals surface area contributed by atoms with Gasteiger partial charge in [0.05, 0.1) is 6.04 Å². The Morgan fingerprint density at radius 2 is 1.61 bits per heavy atom. The topological polar surface area (TPSA) is 71.1 Å². The lowest BCUT2D eigenvalue weighted by molar-refractivity contribution is -0.143. The zero-order valence-corrected chi connectivity index (χ0v) is 18.6. The normalized spacial score (nSPS) is 19.2. The molecule has 7 heteroatoms. The lowest BCUT2D eigenvalue weighted by Crippen LogP contribution is -2.57. The fraction of sp³-hybridized carbons (Fsp3) is 0.308. The number of amides is 2. The number of rotatable bonds is 4. The third kappa shape index (κ3) is 4.50. The maximum atomic E-state index is 12.9. The summed E-state index contributed by atoms with van der Waals surface area (Å²) in [7, 11) is 0. The van der Waals surface area contributed by atoms with Crippen molar-refractivity contribution >= 4 is 28.3 Å². The zero-order valence-electron chi connectivity index (χ0n) is 18.6. The van der Waals surface area contributed by atoms with Crippen molar-refractivity contribution in [3.63, 3.8) is 0 Å². The summed E-state index contributed by atoms with van der Waals surface area (Å²) in [6.07, 6.45) is -0.639. The molecule has 7 nitrogen and oxygen atoms in total. The fourth-order valence-corrected chi connectivity index (χ4v) is 4.35. The van der Waals surface area contributed by atoms with Crippen LogP contribution in [0.25, 0.3) is 10.8 Å². The van der Waals surface area contributed by atoms with Crippen LogP contribution in [-0.4, -0.2) is 66.5 Å². The summed E-state index contributed by atoms with van der Waals surface area (Å²) in [5, 5.41) is 5.26. The Balaban J connectivity index is 1.15. The van der Waals surface area contributed by atoms with E-state index in [0.717, 1.165) is 16.5 Å². The predicted molar refractivity (Wildman–Crippen MR) is 127 cm³/mol. The van der Waals surface area contributed by atoms with Gasteiger partial charge < -0.3 is 19.7 Å². The van der Waals surface area contributed by atoms with E-state index in [0.29, 0.717) is 37.7 Å². The lowest BCUT2D eigenvalue weighted by Gasteiger charge is -2.39. The molecule has 1 saturated heterocycles. The second-order valence-electron chi connectivity index (χ2n) is 8.45. The predicted octanol–water partition coefficient (Wildman–Crippen LogP) is 3.15. The van der Waals surface area contributed by atoms with Gasteiger partial charge in [0.15, 0.2) is 11.5 Å². The second-order valence-corrected chi connectivity index (χ2v) is 8.45. The minimum Gasteiger partial charge on any atom is -0.485 e. The number of anilines is 1. The number of carbonyl (C=O) groups excluding carboxylic acids is 2. The SMILES string of the molecule is C[C@@H](C(=O)Nc1ccc2ccccc2c1)N1CCN(C(=O)[C@@H]2COc3ccccc3O2)CC1. The van der Waals surface area contributed by atoms with Crippen molar-refractivity contribution in [2.75, 3.05) is 38.1 Å². The third-order valence-electron chi connectivity index (χ3n) is 6.35. The standard InChI is InChI=1S/C26H27N3O4/c1-18(25(30)27-21-11-10-19-6-2-3-7-20(19)16-21)28-12-14-29(15-13-28)26(31)24-17-32-22-8-4-5-9-23(22)33-24/h2-11,16,18,24H,12-15,17H2,1H3,(H,27,30)/t18-,24-/m0/s1. The summed E-state index contributed by atoms with van der Waals surface area (Å²) in [4.78, 5) is 29.7. The molecule has 170 valence electrons. The molecule has 0 radical (unpaired) electrons. The largest absolute Gasteiger partial charge is 0.485 e. The van der Waals surface area contributed by atoms with Gasteiger partial charge in [0.25, 0.3) is 5.91 Å². The van der Waals surface area contributed by atoms with E-state index in [1.54, 1.807) is 4.90 Å². The Bertz CT molecular complexity index is 1170. The van der Waals surface area contributed by atoms with Crippen molar-refractivity contribution in [2.24, 2.45) is 0 Å². The molecule has 2 amide bonds. The van der Waals surface area contributed by atoms with Gasteiger partial charge in [0, 0.05) is 31.9 Å². The molecule has 0 bridgehead atoms. The van der Waals surface area contributed by atoms with Crippen LogP contribution in [0, 0.1) is 0 Å². The number of ether oxygens (including phenoxy) is 2. The second kappa shape index (κ2) is 9.11. The van der Waals surface area contributed by atoms with Crippen LogP contribution in [-0.2, 0) is 9.59 Å². The van der Waals surface area contributed by atoms with Crippen LogP contribution in [0.15, 0.2) is 66.7 Å². The number of benzene rings is 3. The van der Waals surface area contributed by atoms with Crippen LogP contribution in [0.1, 0.15) is 6.92 Å². The first-order valence-electron chi connectivity index (χ1n) is 11.3. The third-order valence-corrected chi connectivity index (χ3v) is 6.35. The summed E-state index contributed by atoms with van der Waals surface area (Å²) < 4.78 is 11.5. The molecular formula is C26H27N3O4. The van der Waals surface area contributed by atoms with Crippen LogP contribution in [0.2, 0.25) is 0 Å². The Morgan fingerprint density at radius 3 is 2.39 bits per heavy atom. The monoisotopic (exact) mass is 445 g/mol. The molecule has 0 saturated carbocycles. The minimum absolute atomic E-state index is 0.0503. The number of para-hydroxylation sites is 2. The van der Waals surface area contributed by atoms with E-state index in [-0.39, 0.29) is 24.5 Å². The first kappa shape index (κ1) is 21.3. The van der Waals surface area contributed by atoms with Gasteiger partial charge in [-0.05, 0) is 42.0 Å². The van der Waals surface area contributed by atoms with E-state index in [4.69, 9.17) is 9.47 Å². The Hall–Kier alpha value is -3.58. The highest BCUT2D eigenvalue weighted by Crippen LogP contribution is 2.31. The first-order chi connectivity index (χ1) is 16.1. The van der Waals surface area contributed by atoms with Gasteiger partial charge in [0.2, 0.25) is 12.0 Å². The van der Waals surface area contributed by atoms with Crippen molar-refractivity contribution in [3.05, 3.63) is 66.7 Å². The minimum atomic E-state index is -0.639. The van der Waals surface area contributed by atoms with Crippen LogP contribution in [0.4, 0.5) is 5.69 Å². The van der Waals surface area contributed by atoms with Crippen molar-refractivity contribution in [1.82, 2.24) is 9.80 Å². The summed E-state index contributed by atoms with van der Waals surface area (Å²) in [5.41, 5.74) is 0.786. The highest BCUT2D eigenvalue weighted by atomic mass is 16.6. The van der Waals surface area contributed by atoms with Gasteiger partial charge >= 0.3 is 0 Å². The molecule has 1 N–H and O–H groups in total. The number of nitrogens with zero attached hydrogens (tertiary/aromatic N) is 2. The van der Waals surface area contributed by atoms with Gasteiger partial charge in [-0.2, -0.15) is 0 Å². The van der Waals surface area contributed by atoms with E-state index >= 15 is 0 Å². The summed E-state index contributed by atoms with van der Waals surface area (Å²) in [5.74, 6) is 1.14. The number of hydrogen-bond donors (Lipinski definition) is 1. The molecule has 3 aromatic rings. The number of nitrogens with one attached hydrogen (secondary N) is 1. The van der Waals surface area contributed by atoms with Crippen LogP contribution >= 0.6 is 0 Å². The Labute approximate surface area is 192 Å². The van der Waals surface area contributed by atoms with Crippen molar-refractivity contribution < 1.29 is 19.1 Å². The van der Waals surface area contributed by atoms with Crippen LogP contribution in [0.3, 0.4) is 0 Å². The summed E-state index contributed by atoms with van der Waals surface area (Å²) >= 11 is 0. The van der Waals surface area contributed by atoms with Crippen molar-refractivity contribution in [2.45, 2.75) is 19.1 Å². The van der Waals surface area contributed by atoms with Gasteiger partial charge in [-0.25, -0.2) is 0 Å². The van der Waals surface area contributed by atoms with Crippen LogP contribution in [0.5, 0.6) is 11.5 Å². The van der Waals surface area contributed by atoms with Gasteiger partial charge in [-0.1, -0.05) is 42.5 Å². The van der Waals surface area contributed by atoms with E-state index in [2.05, 4.69) is 10.2 Å². The first-order valence-corrected chi connectivity index (χ1v) is 11.3. The molecule has 2 aliphatic heterocycles. The highest BCUT2D eigenvalue weighted by molar-refractivity contribution is 5.97. The zero-order chi connectivity index (χ0) is 22.8. The Morgan fingerprint density at radius 1 is 0.909 bits per heavy atom. The molecule has 1 fully saturated rings. The number of carbonyl (C=O) groups is 2. The number of fused-ring (bicyclic) bond motifs is 2. The molecule has 0 aromatic heterocycles. The van der Waals surface area contributed by atoms with Gasteiger partial charge in [-0.3, -0.25) is 14.5 Å². The average Bonchev–Trinajstić information content (AvgIpc) is 2.87. The molecule has 3 aromatic carbocycles. The maximum Gasteiger partial charge on any atom is 0.267 e. The molecule has 5 rings (SSSR count). The quantitative estimate of drug-likeness (QED) is 0.668. The van der Waals surface area contributed by atoms with Crippen molar-refractivity contribution in [1.29, 1.82) is 0 Å². The fourth-order valence-electron chi connectivity index (χ4n) is 4.35. The smallest absolute Gasteiger partial charge is 0.267 e. The molecule has 2 atom stereocenters.